The molecule has 5 nitrogen and oxygen atoms in total. The molecule has 1 aliphatic rings. The van der Waals surface area contributed by atoms with Crippen molar-refractivity contribution in [1.29, 1.82) is 0 Å². The first-order chi connectivity index (χ1) is 13.7. The smallest absolute Gasteiger partial charge is 0.330 e. The molecule has 0 saturated carbocycles. The number of alkyl halides is 3. The summed E-state index contributed by atoms with van der Waals surface area (Å²) in [6.45, 7) is 5.73. The molecule has 1 saturated heterocycles. The third-order valence-electron chi connectivity index (χ3n) is 4.79. The molecule has 0 spiro atoms. The first kappa shape index (κ1) is 20.4. The molecular weight excluding hydrogens is 383 g/mol. The van der Waals surface area contributed by atoms with Gasteiger partial charge in [-0.25, -0.2) is 4.79 Å². The molecule has 0 unspecified atom stereocenters. The predicted octanol–water partition coefficient (Wildman–Crippen LogP) is 4.39. The van der Waals surface area contributed by atoms with E-state index in [2.05, 4.69) is 22.5 Å². The number of para-hydroxylation sites is 1. The van der Waals surface area contributed by atoms with E-state index in [0.717, 1.165) is 18.1 Å². The summed E-state index contributed by atoms with van der Waals surface area (Å²) in [5, 5.41) is 7.45. The molecule has 0 bridgehead atoms. The van der Waals surface area contributed by atoms with Gasteiger partial charge in [-0.1, -0.05) is 49.9 Å². The second-order valence-electron chi connectivity index (χ2n) is 6.71. The number of amides is 3. The van der Waals surface area contributed by atoms with Gasteiger partial charge in [0.15, 0.2) is 0 Å². The van der Waals surface area contributed by atoms with E-state index in [0.29, 0.717) is 5.56 Å². The number of carbonyl (C=O) groups excluding carboxylic acids is 2. The molecule has 0 aliphatic carbocycles. The van der Waals surface area contributed by atoms with Gasteiger partial charge < -0.3 is 16.0 Å². The first-order valence-corrected chi connectivity index (χ1v) is 9.03. The van der Waals surface area contributed by atoms with Gasteiger partial charge in [-0.15, -0.1) is 0 Å². The summed E-state index contributed by atoms with van der Waals surface area (Å²) in [6, 6.07) is 10.8. The van der Waals surface area contributed by atoms with Crippen molar-refractivity contribution in [2.75, 3.05) is 5.32 Å². The van der Waals surface area contributed by atoms with E-state index >= 15 is 0 Å². The fourth-order valence-electron chi connectivity index (χ4n) is 3.28. The zero-order valence-electron chi connectivity index (χ0n) is 15.6. The van der Waals surface area contributed by atoms with E-state index in [1.807, 2.05) is 19.1 Å². The molecule has 2 aromatic rings. The fourth-order valence-corrected chi connectivity index (χ4v) is 3.28. The van der Waals surface area contributed by atoms with E-state index in [-0.39, 0.29) is 11.4 Å². The SMILES string of the molecule is C=C1NC(=O)N[C@@H](c2ccc(CC)cc2)[C@H]1C(=O)Nc1ccccc1C(F)(F)F. The second-order valence-corrected chi connectivity index (χ2v) is 6.71. The van der Waals surface area contributed by atoms with E-state index < -0.39 is 35.6 Å². The molecule has 152 valence electrons. The van der Waals surface area contributed by atoms with Crippen LogP contribution in [0.5, 0.6) is 0 Å². The Morgan fingerprint density at radius 1 is 1.14 bits per heavy atom. The first-order valence-electron chi connectivity index (χ1n) is 9.03. The van der Waals surface area contributed by atoms with E-state index in [9.17, 15) is 22.8 Å². The molecule has 1 heterocycles. The van der Waals surface area contributed by atoms with E-state index in [1.165, 1.54) is 18.2 Å². The third kappa shape index (κ3) is 4.42. The molecule has 1 fully saturated rings. The molecule has 3 amide bonds. The van der Waals surface area contributed by atoms with Gasteiger partial charge >= 0.3 is 12.2 Å². The van der Waals surface area contributed by atoms with Crippen molar-refractivity contribution >= 4 is 17.6 Å². The molecular formula is C21H20F3N3O2. The Morgan fingerprint density at radius 3 is 2.41 bits per heavy atom. The largest absolute Gasteiger partial charge is 0.418 e. The Morgan fingerprint density at radius 2 is 1.79 bits per heavy atom. The van der Waals surface area contributed by atoms with Gasteiger partial charge in [0.25, 0.3) is 0 Å². The third-order valence-corrected chi connectivity index (χ3v) is 4.79. The Kier molecular flexibility index (Phi) is 5.63. The van der Waals surface area contributed by atoms with Crippen LogP contribution in [0.15, 0.2) is 60.8 Å². The standard InChI is InChI=1S/C21H20F3N3O2/c1-3-13-8-10-14(11-9-13)18-17(12(2)25-20(29)27-18)19(28)26-16-7-5-4-6-15(16)21(22,23)24/h4-11,17-18H,2-3H2,1H3,(H,26,28)(H2,25,27,29)/t17-,18-/m0/s1. The number of halogens is 3. The number of carbonyl (C=O) groups is 2. The normalized spacial score (nSPS) is 19.3. The average molecular weight is 403 g/mol. The van der Waals surface area contributed by atoms with Crippen molar-refractivity contribution in [3.63, 3.8) is 0 Å². The van der Waals surface area contributed by atoms with Gasteiger partial charge in [0.05, 0.1) is 17.3 Å². The highest BCUT2D eigenvalue weighted by atomic mass is 19.4. The minimum atomic E-state index is -4.62. The highest BCUT2D eigenvalue weighted by Crippen LogP contribution is 2.36. The van der Waals surface area contributed by atoms with Gasteiger partial charge in [-0.2, -0.15) is 13.2 Å². The summed E-state index contributed by atoms with van der Waals surface area (Å²) >= 11 is 0. The summed E-state index contributed by atoms with van der Waals surface area (Å²) in [4.78, 5) is 24.9. The van der Waals surface area contributed by atoms with E-state index in [4.69, 9.17) is 0 Å². The second kappa shape index (κ2) is 7.98. The number of hydrogen-bond acceptors (Lipinski definition) is 2. The number of anilines is 1. The average Bonchev–Trinajstić information content (AvgIpc) is 2.67. The Labute approximate surface area is 166 Å². The molecule has 29 heavy (non-hydrogen) atoms. The maximum absolute atomic E-state index is 13.2. The van der Waals surface area contributed by atoms with Crippen molar-refractivity contribution in [3.05, 3.63) is 77.5 Å². The zero-order valence-corrected chi connectivity index (χ0v) is 15.6. The van der Waals surface area contributed by atoms with Crippen LogP contribution in [0.2, 0.25) is 0 Å². The van der Waals surface area contributed by atoms with Crippen molar-refractivity contribution in [1.82, 2.24) is 10.6 Å². The highest BCUT2D eigenvalue weighted by molar-refractivity contribution is 5.97. The van der Waals surface area contributed by atoms with Crippen LogP contribution in [0, 0.1) is 5.92 Å². The lowest BCUT2D eigenvalue weighted by atomic mass is 9.87. The van der Waals surface area contributed by atoms with Gasteiger partial charge in [0, 0.05) is 5.70 Å². The molecule has 2 atom stereocenters. The number of hydrogen-bond donors (Lipinski definition) is 3. The fraction of sp³-hybridized carbons (Fsp3) is 0.238. The lowest BCUT2D eigenvalue weighted by Gasteiger charge is -2.34. The summed E-state index contributed by atoms with van der Waals surface area (Å²) in [6.07, 6.45) is -3.79. The summed E-state index contributed by atoms with van der Waals surface area (Å²) in [5.74, 6) is -1.70. The number of rotatable bonds is 4. The van der Waals surface area contributed by atoms with Crippen LogP contribution < -0.4 is 16.0 Å². The Hall–Kier alpha value is -3.29. The minimum Gasteiger partial charge on any atom is -0.330 e. The van der Waals surface area contributed by atoms with Crippen molar-refractivity contribution < 1.29 is 22.8 Å². The Bertz CT molecular complexity index is 939. The number of benzene rings is 2. The molecule has 1 aliphatic heterocycles. The van der Waals surface area contributed by atoms with Crippen LogP contribution in [-0.2, 0) is 17.4 Å². The quantitative estimate of drug-likeness (QED) is 0.709. The van der Waals surface area contributed by atoms with Crippen LogP contribution in [0.3, 0.4) is 0 Å². The van der Waals surface area contributed by atoms with Crippen LogP contribution in [0.25, 0.3) is 0 Å². The van der Waals surface area contributed by atoms with Gasteiger partial charge in [-0.05, 0) is 29.7 Å². The van der Waals surface area contributed by atoms with Gasteiger partial charge in [0.2, 0.25) is 5.91 Å². The summed E-state index contributed by atoms with van der Waals surface area (Å²) < 4.78 is 39.7. The Balaban J connectivity index is 1.92. The highest BCUT2D eigenvalue weighted by Gasteiger charge is 2.39. The van der Waals surface area contributed by atoms with Crippen molar-refractivity contribution in [2.45, 2.75) is 25.6 Å². The van der Waals surface area contributed by atoms with Crippen LogP contribution >= 0.6 is 0 Å². The lowest BCUT2D eigenvalue weighted by molar-refractivity contribution is -0.137. The van der Waals surface area contributed by atoms with Crippen LogP contribution in [-0.4, -0.2) is 11.9 Å². The molecule has 2 aromatic carbocycles. The summed E-state index contributed by atoms with van der Waals surface area (Å²) in [7, 11) is 0. The van der Waals surface area contributed by atoms with E-state index in [1.54, 1.807) is 12.1 Å². The molecule has 3 N–H and O–H groups in total. The zero-order chi connectivity index (χ0) is 21.2. The van der Waals surface area contributed by atoms with Gasteiger partial charge in [0.1, 0.15) is 5.92 Å². The number of aryl methyl sites for hydroxylation is 1. The molecule has 8 heteroatoms. The molecule has 0 radical (unpaired) electrons. The number of nitrogens with one attached hydrogen (secondary N) is 3. The van der Waals surface area contributed by atoms with Crippen molar-refractivity contribution in [2.24, 2.45) is 5.92 Å². The monoisotopic (exact) mass is 403 g/mol. The lowest BCUT2D eigenvalue weighted by Crippen LogP contribution is -2.51. The molecule has 0 aromatic heterocycles. The maximum Gasteiger partial charge on any atom is 0.418 e. The van der Waals surface area contributed by atoms with Crippen LogP contribution in [0.1, 0.15) is 29.7 Å². The van der Waals surface area contributed by atoms with Crippen molar-refractivity contribution in [3.8, 4) is 0 Å². The van der Waals surface area contributed by atoms with Crippen LogP contribution in [0.4, 0.5) is 23.7 Å². The van der Waals surface area contributed by atoms with Gasteiger partial charge in [-0.3, -0.25) is 4.79 Å². The number of urea groups is 1. The predicted molar refractivity (Wildman–Crippen MR) is 103 cm³/mol. The minimum absolute atomic E-state index is 0.111. The topological polar surface area (TPSA) is 70.2 Å². The maximum atomic E-state index is 13.2. The molecule has 3 rings (SSSR count). The summed E-state index contributed by atoms with van der Waals surface area (Å²) in [5.41, 5.74) is 0.543.